The second-order valence-corrected chi connectivity index (χ2v) is 7.01. The van der Waals surface area contributed by atoms with E-state index < -0.39 is 0 Å². The van der Waals surface area contributed by atoms with Gasteiger partial charge in [-0.25, -0.2) is 0 Å². The zero-order valence-corrected chi connectivity index (χ0v) is 16.0. The number of alkyl halides is 1. The first-order chi connectivity index (χ1) is 9.10. The Morgan fingerprint density at radius 2 is 1.63 bits per heavy atom. The molecule has 100 valence electrons. The van der Waals surface area contributed by atoms with Gasteiger partial charge in [0.15, 0.2) is 0 Å². The summed E-state index contributed by atoms with van der Waals surface area (Å²) in [6.07, 6.45) is 3.54. The third kappa shape index (κ3) is 4.28. The van der Waals surface area contributed by atoms with E-state index in [-0.39, 0.29) is 0 Å². The maximum atomic E-state index is 5.84. The smallest absolute Gasteiger partial charge is 0.148 e. The van der Waals surface area contributed by atoms with Gasteiger partial charge in [-0.1, -0.05) is 15.9 Å². The van der Waals surface area contributed by atoms with E-state index in [1.165, 1.54) is 5.56 Å². The van der Waals surface area contributed by atoms with Crippen LogP contribution < -0.4 is 4.74 Å². The van der Waals surface area contributed by atoms with Crippen molar-refractivity contribution in [3.05, 3.63) is 55.1 Å². The zero-order chi connectivity index (χ0) is 13.8. The van der Waals surface area contributed by atoms with Crippen LogP contribution in [-0.4, -0.2) is 4.98 Å². The number of aromatic nitrogens is 1. The highest BCUT2D eigenvalue weighted by molar-refractivity contribution is 9.11. The van der Waals surface area contributed by atoms with Crippen LogP contribution in [0, 0.1) is 0 Å². The molecule has 1 aromatic heterocycles. The van der Waals surface area contributed by atoms with Gasteiger partial charge in [0.25, 0.3) is 0 Å². The van der Waals surface area contributed by atoms with Crippen molar-refractivity contribution in [2.45, 2.75) is 11.9 Å². The quantitative estimate of drug-likeness (QED) is 0.478. The van der Waals surface area contributed by atoms with Crippen LogP contribution in [0.4, 0.5) is 0 Å². The Kier molecular flexibility index (Phi) is 5.87. The Morgan fingerprint density at radius 3 is 2.21 bits per heavy atom. The summed E-state index contributed by atoms with van der Waals surface area (Å²) in [4.78, 5) is 4.11. The van der Waals surface area contributed by atoms with Crippen LogP contribution in [0.15, 0.2) is 44.0 Å². The molecular formula is C13H9Br4NO. The molecule has 0 unspecified atom stereocenters. The van der Waals surface area contributed by atoms with Crippen molar-refractivity contribution in [1.82, 2.24) is 4.98 Å². The minimum atomic E-state index is 0.470. The van der Waals surface area contributed by atoms with Crippen molar-refractivity contribution in [3.63, 3.8) is 0 Å². The zero-order valence-electron chi connectivity index (χ0n) is 9.67. The third-order valence-electron chi connectivity index (χ3n) is 2.36. The van der Waals surface area contributed by atoms with E-state index in [0.29, 0.717) is 6.61 Å². The molecule has 2 aromatic rings. The molecule has 0 amide bonds. The molecule has 6 heteroatoms. The number of hydrogen-bond donors (Lipinski definition) is 0. The number of nitrogens with zero attached hydrogens (tertiary/aromatic N) is 1. The molecule has 2 rings (SSSR count). The predicted molar refractivity (Wildman–Crippen MR) is 90.7 cm³/mol. The summed E-state index contributed by atoms with van der Waals surface area (Å²) in [6.45, 7) is 0.470. The third-order valence-corrected chi connectivity index (χ3v) is 4.62. The summed E-state index contributed by atoms with van der Waals surface area (Å²) in [5, 5.41) is 0.806. The van der Waals surface area contributed by atoms with Crippen molar-refractivity contribution in [3.8, 4) is 5.75 Å². The summed E-state index contributed by atoms with van der Waals surface area (Å²) in [5.41, 5.74) is 2.19. The molecule has 0 aliphatic carbocycles. The number of benzene rings is 1. The van der Waals surface area contributed by atoms with E-state index in [0.717, 1.165) is 30.1 Å². The van der Waals surface area contributed by atoms with Crippen molar-refractivity contribution in [2.24, 2.45) is 0 Å². The number of hydrogen-bond acceptors (Lipinski definition) is 2. The lowest BCUT2D eigenvalue weighted by atomic mass is 10.2. The van der Waals surface area contributed by atoms with Gasteiger partial charge in [0.2, 0.25) is 0 Å². The lowest BCUT2D eigenvalue weighted by Crippen LogP contribution is -1.98. The average Bonchev–Trinajstić information content (AvgIpc) is 2.37. The largest absolute Gasteiger partial charge is 0.486 e. The molecule has 0 spiro atoms. The monoisotopic (exact) mass is 511 g/mol. The number of pyridine rings is 1. The Labute approximate surface area is 145 Å². The van der Waals surface area contributed by atoms with Crippen molar-refractivity contribution in [2.75, 3.05) is 0 Å². The predicted octanol–water partition coefficient (Wildman–Crippen LogP) is 5.84. The minimum absolute atomic E-state index is 0.470. The lowest BCUT2D eigenvalue weighted by molar-refractivity contribution is 0.301. The fourth-order valence-corrected chi connectivity index (χ4v) is 3.76. The molecule has 0 saturated heterocycles. The minimum Gasteiger partial charge on any atom is -0.486 e. The van der Waals surface area contributed by atoms with E-state index in [4.69, 9.17) is 4.74 Å². The van der Waals surface area contributed by atoms with E-state index in [1.54, 1.807) is 12.4 Å². The van der Waals surface area contributed by atoms with E-state index in [1.807, 2.05) is 18.2 Å². The first kappa shape index (κ1) is 15.5. The Balaban J connectivity index is 2.16. The fourth-order valence-electron chi connectivity index (χ4n) is 1.52. The Hall–Kier alpha value is 0.0900. The number of halogens is 4. The molecule has 0 saturated carbocycles. The molecule has 1 heterocycles. The molecule has 0 N–H and O–H groups in total. The van der Waals surface area contributed by atoms with Gasteiger partial charge in [-0.3, -0.25) is 4.98 Å². The second kappa shape index (κ2) is 7.20. The average molecular weight is 515 g/mol. The lowest BCUT2D eigenvalue weighted by Gasteiger charge is -2.11. The summed E-state index contributed by atoms with van der Waals surface area (Å²) < 4.78 is 8.64. The number of rotatable bonds is 4. The van der Waals surface area contributed by atoms with Gasteiger partial charge in [0, 0.05) is 27.8 Å². The molecule has 2 nitrogen and oxygen atoms in total. The van der Waals surface area contributed by atoms with Crippen LogP contribution in [-0.2, 0) is 11.9 Å². The van der Waals surface area contributed by atoms with Crippen LogP contribution in [0.3, 0.4) is 0 Å². The Morgan fingerprint density at radius 1 is 0.947 bits per heavy atom. The molecule has 0 aliphatic heterocycles. The van der Waals surface area contributed by atoms with Gasteiger partial charge >= 0.3 is 0 Å². The van der Waals surface area contributed by atoms with Crippen LogP contribution in [0.5, 0.6) is 5.75 Å². The van der Waals surface area contributed by atoms with Crippen molar-refractivity contribution >= 4 is 63.7 Å². The topological polar surface area (TPSA) is 22.1 Å². The standard InChI is InChI=1S/C13H9Br4NO/c14-4-8-2-11(16)13(12(17)3-8)19-7-9-1-10(15)6-18-5-9/h1-3,5-6H,4,7H2. The first-order valence-electron chi connectivity index (χ1n) is 5.36. The molecule has 1 aromatic carbocycles. The van der Waals surface area contributed by atoms with Gasteiger partial charge in [-0.2, -0.15) is 0 Å². The van der Waals surface area contributed by atoms with Gasteiger partial charge in [0.1, 0.15) is 12.4 Å². The van der Waals surface area contributed by atoms with Crippen LogP contribution in [0.1, 0.15) is 11.1 Å². The number of ether oxygens (including phenoxy) is 1. The maximum absolute atomic E-state index is 5.84. The summed E-state index contributed by atoms with van der Waals surface area (Å²) >= 11 is 13.9. The van der Waals surface area contributed by atoms with E-state index in [9.17, 15) is 0 Å². The molecule has 0 atom stereocenters. The molecule has 0 radical (unpaired) electrons. The van der Waals surface area contributed by atoms with Gasteiger partial charge in [0.05, 0.1) is 8.95 Å². The van der Waals surface area contributed by atoms with Gasteiger partial charge < -0.3 is 4.74 Å². The first-order valence-corrected chi connectivity index (χ1v) is 8.86. The highest BCUT2D eigenvalue weighted by Gasteiger charge is 2.09. The van der Waals surface area contributed by atoms with E-state index >= 15 is 0 Å². The summed E-state index contributed by atoms with van der Waals surface area (Å²) in [6, 6.07) is 6.06. The van der Waals surface area contributed by atoms with Crippen LogP contribution >= 0.6 is 63.7 Å². The van der Waals surface area contributed by atoms with Crippen molar-refractivity contribution in [1.29, 1.82) is 0 Å². The normalized spacial score (nSPS) is 10.5. The highest BCUT2D eigenvalue weighted by atomic mass is 79.9. The molecule has 0 bridgehead atoms. The highest BCUT2D eigenvalue weighted by Crippen LogP contribution is 2.35. The molecule has 19 heavy (non-hydrogen) atoms. The van der Waals surface area contributed by atoms with Crippen LogP contribution in [0.2, 0.25) is 0 Å². The van der Waals surface area contributed by atoms with E-state index in [2.05, 4.69) is 68.7 Å². The maximum Gasteiger partial charge on any atom is 0.148 e. The van der Waals surface area contributed by atoms with Crippen LogP contribution in [0.25, 0.3) is 0 Å². The Bertz CT molecular complexity index is 566. The summed E-state index contributed by atoms with van der Waals surface area (Å²) in [7, 11) is 0. The molecule has 0 fully saturated rings. The molecule has 0 aliphatic rings. The fraction of sp³-hybridized carbons (Fsp3) is 0.154. The SMILES string of the molecule is BrCc1cc(Br)c(OCc2cncc(Br)c2)c(Br)c1. The summed E-state index contributed by atoms with van der Waals surface area (Å²) in [5.74, 6) is 0.796. The second-order valence-electron chi connectivity index (χ2n) is 3.82. The van der Waals surface area contributed by atoms with Gasteiger partial charge in [-0.15, -0.1) is 0 Å². The van der Waals surface area contributed by atoms with Crippen molar-refractivity contribution < 1.29 is 4.74 Å². The van der Waals surface area contributed by atoms with Gasteiger partial charge in [-0.05, 0) is 71.6 Å². The molecular weight excluding hydrogens is 506 g/mol.